The lowest BCUT2D eigenvalue weighted by Gasteiger charge is -2.15. The van der Waals surface area contributed by atoms with Crippen molar-refractivity contribution < 1.29 is 33.2 Å². The number of benzene rings is 1. The highest BCUT2D eigenvalue weighted by atomic mass is 16.6. The van der Waals surface area contributed by atoms with E-state index in [1.807, 2.05) is 6.92 Å². The predicted molar refractivity (Wildman–Crippen MR) is 99.9 cm³/mol. The van der Waals surface area contributed by atoms with Crippen LogP contribution in [0.25, 0.3) is 0 Å². The standard InChI is InChI=1S/C20H30O7/c1-2-3-18(21)17-4-5-19-20(16-17)27-15-13-25-11-9-23-7-6-22-8-10-24-12-14-26-19/h4-5,16H,2-3,6-15H2,1H3. The quantitative estimate of drug-likeness (QED) is 0.744. The molecule has 1 heterocycles. The van der Waals surface area contributed by atoms with Crippen LogP contribution in [0.4, 0.5) is 0 Å². The Kier molecular flexibility index (Phi) is 10.8. The summed E-state index contributed by atoms with van der Waals surface area (Å²) in [5, 5.41) is 0. The molecule has 7 nitrogen and oxygen atoms in total. The summed E-state index contributed by atoms with van der Waals surface area (Å²) in [5.74, 6) is 1.23. The van der Waals surface area contributed by atoms with E-state index in [1.165, 1.54) is 0 Å². The monoisotopic (exact) mass is 382 g/mol. The van der Waals surface area contributed by atoms with Crippen LogP contribution in [-0.2, 0) is 18.9 Å². The van der Waals surface area contributed by atoms with E-state index in [4.69, 9.17) is 28.4 Å². The van der Waals surface area contributed by atoms with E-state index in [-0.39, 0.29) is 5.78 Å². The van der Waals surface area contributed by atoms with Crippen molar-refractivity contribution in [3.05, 3.63) is 23.8 Å². The molecular weight excluding hydrogens is 352 g/mol. The fourth-order valence-corrected chi connectivity index (χ4v) is 2.47. The first-order valence-electron chi connectivity index (χ1n) is 9.55. The Bertz CT molecular complexity index is 547. The van der Waals surface area contributed by atoms with E-state index in [0.29, 0.717) is 89.6 Å². The van der Waals surface area contributed by atoms with Crippen LogP contribution in [-0.4, -0.2) is 71.9 Å². The van der Waals surface area contributed by atoms with E-state index in [1.54, 1.807) is 18.2 Å². The molecule has 0 aliphatic carbocycles. The lowest BCUT2D eigenvalue weighted by atomic mass is 10.1. The zero-order valence-electron chi connectivity index (χ0n) is 16.1. The number of hydrogen-bond donors (Lipinski definition) is 0. The van der Waals surface area contributed by atoms with Gasteiger partial charge in [-0.2, -0.15) is 0 Å². The average Bonchev–Trinajstić information content (AvgIpc) is 2.68. The number of hydrogen-bond acceptors (Lipinski definition) is 7. The number of carbonyl (C=O) groups is 1. The lowest BCUT2D eigenvalue weighted by Crippen LogP contribution is -2.16. The van der Waals surface area contributed by atoms with Crippen molar-refractivity contribution in [1.29, 1.82) is 0 Å². The van der Waals surface area contributed by atoms with E-state index in [0.717, 1.165) is 6.42 Å². The fourth-order valence-electron chi connectivity index (χ4n) is 2.47. The molecule has 152 valence electrons. The number of ketones is 1. The van der Waals surface area contributed by atoms with Crippen LogP contribution < -0.4 is 9.47 Å². The van der Waals surface area contributed by atoms with Crippen LogP contribution >= 0.6 is 0 Å². The molecular formula is C20H30O7. The summed E-state index contributed by atoms with van der Waals surface area (Å²) in [4.78, 5) is 12.2. The summed E-state index contributed by atoms with van der Waals surface area (Å²) in [6.45, 7) is 6.69. The Balaban J connectivity index is 1.96. The normalized spacial score (nSPS) is 18.3. The topological polar surface area (TPSA) is 72.5 Å². The van der Waals surface area contributed by atoms with Crippen LogP contribution in [0.5, 0.6) is 11.5 Å². The molecule has 0 aromatic heterocycles. The highest BCUT2D eigenvalue weighted by Crippen LogP contribution is 2.29. The van der Waals surface area contributed by atoms with E-state index >= 15 is 0 Å². The van der Waals surface area contributed by atoms with Gasteiger partial charge in [0, 0.05) is 12.0 Å². The Morgan fingerprint density at radius 2 is 1.22 bits per heavy atom. The molecule has 7 heteroatoms. The van der Waals surface area contributed by atoms with Crippen LogP contribution in [0.1, 0.15) is 30.1 Å². The summed E-state index contributed by atoms with van der Waals surface area (Å²) in [7, 11) is 0. The Morgan fingerprint density at radius 3 is 1.74 bits per heavy atom. The molecule has 2 rings (SSSR count). The minimum Gasteiger partial charge on any atom is -0.487 e. The largest absolute Gasteiger partial charge is 0.487 e. The summed E-state index contributed by atoms with van der Waals surface area (Å²) in [6, 6.07) is 5.28. The highest BCUT2D eigenvalue weighted by Gasteiger charge is 2.12. The minimum absolute atomic E-state index is 0.0973. The second-order valence-corrected chi connectivity index (χ2v) is 5.98. The SMILES string of the molecule is CCCC(=O)c1ccc2c(c1)OCCOCCOCCOCCOCCO2. The van der Waals surface area contributed by atoms with Gasteiger partial charge in [-0.25, -0.2) is 0 Å². The van der Waals surface area contributed by atoms with E-state index in [2.05, 4.69) is 0 Å². The Morgan fingerprint density at radius 1 is 0.741 bits per heavy atom. The molecule has 1 aliphatic heterocycles. The van der Waals surface area contributed by atoms with Crippen molar-refractivity contribution in [1.82, 2.24) is 0 Å². The van der Waals surface area contributed by atoms with E-state index in [9.17, 15) is 4.79 Å². The third kappa shape index (κ3) is 8.71. The molecule has 0 bridgehead atoms. The van der Waals surface area contributed by atoms with Crippen molar-refractivity contribution in [2.24, 2.45) is 0 Å². The first-order valence-corrected chi connectivity index (χ1v) is 9.55. The molecule has 0 atom stereocenters. The van der Waals surface area contributed by atoms with Crippen molar-refractivity contribution in [3.8, 4) is 11.5 Å². The fraction of sp³-hybridized carbons (Fsp3) is 0.650. The summed E-state index contributed by atoms with van der Waals surface area (Å²) >= 11 is 0. The smallest absolute Gasteiger partial charge is 0.163 e. The molecule has 0 saturated carbocycles. The number of fused-ring (bicyclic) bond motifs is 1. The third-order valence-corrected chi connectivity index (χ3v) is 3.83. The van der Waals surface area contributed by atoms with Gasteiger partial charge in [0.15, 0.2) is 17.3 Å². The van der Waals surface area contributed by atoms with Gasteiger partial charge < -0.3 is 28.4 Å². The van der Waals surface area contributed by atoms with Crippen LogP contribution in [0.2, 0.25) is 0 Å². The molecule has 1 aliphatic rings. The average molecular weight is 382 g/mol. The highest BCUT2D eigenvalue weighted by molar-refractivity contribution is 5.96. The zero-order valence-corrected chi connectivity index (χ0v) is 16.1. The summed E-state index contributed by atoms with van der Waals surface area (Å²) in [5.41, 5.74) is 0.629. The second-order valence-electron chi connectivity index (χ2n) is 5.98. The maximum atomic E-state index is 12.2. The molecule has 27 heavy (non-hydrogen) atoms. The van der Waals surface area contributed by atoms with Gasteiger partial charge in [0.1, 0.15) is 13.2 Å². The van der Waals surface area contributed by atoms with Crippen molar-refractivity contribution in [2.45, 2.75) is 19.8 Å². The minimum atomic E-state index is 0.0973. The maximum Gasteiger partial charge on any atom is 0.163 e. The van der Waals surface area contributed by atoms with Crippen LogP contribution in [0.15, 0.2) is 18.2 Å². The molecule has 0 unspecified atom stereocenters. The molecule has 0 radical (unpaired) electrons. The van der Waals surface area contributed by atoms with Gasteiger partial charge in [-0.1, -0.05) is 6.92 Å². The van der Waals surface area contributed by atoms with E-state index < -0.39 is 0 Å². The van der Waals surface area contributed by atoms with Crippen LogP contribution in [0.3, 0.4) is 0 Å². The predicted octanol–water partition coefficient (Wildman–Crippen LogP) is 2.51. The third-order valence-electron chi connectivity index (χ3n) is 3.83. The van der Waals surface area contributed by atoms with Gasteiger partial charge in [0.05, 0.1) is 52.9 Å². The molecule has 0 N–H and O–H groups in total. The number of Topliss-reactive ketones (excluding diaryl/α,β-unsaturated/α-hetero) is 1. The van der Waals surface area contributed by atoms with Crippen LogP contribution in [0, 0.1) is 0 Å². The van der Waals surface area contributed by atoms with Gasteiger partial charge >= 0.3 is 0 Å². The summed E-state index contributed by atoms with van der Waals surface area (Å²) < 4.78 is 33.4. The summed E-state index contributed by atoms with van der Waals surface area (Å²) in [6.07, 6.45) is 1.32. The van der Waals surface area contributed by atoms with Gasteiger partial charge in [-0.3, -0.25) is 4.79 Å². The number of carbonyl (C=O) groups excluding carboxylic acids is 1. The Hall–Kier alpha value is -1.67. The van der Waals surface area contributed by atoms with Crippen molar-refractivity contribution in [3.63, 3.8) is 0 Å². The maximum absolute atomic E-state index is 12.2. The molecule has 1 aromatic rings. The van der Waals surface area contributed by atoms with Gasteiger partial charge in [-0.05, 0) is 24.6 Å². The van der Waals surface area contributed by atoms with Gasteiger partial charge in [0.2, 0.25) is 0 Å². The Labute approximate surface area is 160 Å². The molecule has 0 fully saturated rings. The van der Waals surface area contributed by atoms with Crippen molar-refractivity contribution >= 4 is 5.78 Å². The lowest BCUT2D eigenvalue weighted by molar-refractivity contribution is -0.00842. The van der Waals surface area contributed by atoms with Gasteiger partial charge in [-0.15, -0.1) is 0 Å². The number of rotatable bonds is 3. The van der Waals surface area contributed by atoms with Gasteiger partial charge in [0.25, 0.3) is 0 Å². The zero-order chi connectivity index (χ0) is 19.2. The number of ether oxygens (including phenoxy) is 6. The molecule has 0 saturated heterocycles. The molecule has 1 aromatic carbocycles. The second kappa shape index (κ2) is 13.5. The molecule has 0 amide bonds. The molecule has 0 spiro atoms. The van der Waals surface area contributed by atoms with Crippen molar-refractivity contribution in [2.75, 3.05) is 66.1 Å². The first-order chi connectivity index (χ1) is 13.3. The first kappa shape index (κ1) is 21.6.